The minimum Gasteiger partial charge on any atom is -0.481 e. The molecule has 73 heavy (non-hydrogen) atoms. The molecule has 2 heterocycles. The van der Waals surface area contributed by atoms with E-state index in [-0.39, 0.29) is 56.1 Å². The van der Waals surface area contributed by atoms with Crippen LogP contribution in [0, 0.1) is 23.0 Å². The lowest BCUT2D eigenvalue weighted by Gasteiger charge is -2.41. The first kappa shape index (κ1) is 58.7. The minimum atomic E-state index is -1.47. The van der Waals surface area contributed by atoms with Gasteiger partial charge >= 0.3 is 11.9 Å². The molecule has 0 bridgehead atoms. The van der Waals surface area contributed by atoms with E-state index >= 15 is 4.39 Å². The molecule has 1 aliphatic rings. The molecule has 0 fully saturated rings. The maximum atomic E-state index is 15.5. The normalized spacial score (nSPS) is 14.1. The number of amides is 7. The molecule has 18 nitrogen and oxygen atoms in total. The standard InChI is InChI=1S/C52H67F2N7O11S/c1-32(2)47(57-41(62)16-11-8-12-23-60-43(64)20-21-44(60)65)50(70)59(33(3)49(55)69)24-13-25-61(45(66)31-73-30-39(51(71)72)56-42(63)19-22-46(67)68)48(52(4,5)6)40-26-35(37-27-36(53)17-18-38(37)54)29-58(40)28-34-14-9-7-10-15-34/h7,9-10,14-15,17-18,20-21,26-27,29,32-33,39,47-48H,8,11-13,16,19,22-25,28,30-31H2,1-6H3,(H2,55,69)(H,56,63)(H,57,62)(H,67,68)(H,71,72)/t33-,39-,47-,48-/m0/s1. The Hall–Kier alpha value is -6.90. The number of carboxylic acid groups (broad SMARTS) is 2. The largest absolute Gasteiger partial charge is 0.481 e. The third-order valence-electron chi connectivity index (χ3n) is 12.2. The number of carboxylic acids is 2. The Morgan fingerprint density at radius 3 is 2.04 bits per heavy atom. The Balaban J connectivity index is 1.67. The average molecular weight is 1040 g/mol. The van der Waals surface area contributed by atoms with Gasteiger partial charge in [-0.3, -0.25) is 43.3 Å². The van der Waals surface area contributed by atoms with Crippen molar-refractivity contribution < 1.29 is 62.1 Å². The van der Waals surface area contributed by atoms with Gasteiger partial charge in [-0.2, -0.15) is 0 Å². The SMILES string of the molecule is CC(C)[C@H](NC(=O)CCCCCN1C(=O)C=CC1=O)C(=O)N(CCCN(C(=O)CSC[C@H](NC(=O)CCC(=O)O)C(=O)O)[C@@H](c1cc(-c2cc(F)ccc2F)cn1Cc1ccccc1)C(C)(C)C)[C@@H](C)C(N)=O. The van der Waals surface area contributed by atoms with Crippen LogP contribution in [0.3, 0.4) is 0 Å². The van der Waals surface area contributed by atoms with E-state index in [2.05, 4.69) is 10.6 Å². The molecule has 3 aromatic rings. The number of hydrogen-bond acceptors (Lipinski definition) is 10. The third-order valence-corrected chi connectivity index (χ3v) is 13.2. The fourth-order valence-corrected chi connectivity index (χ4v) is 9.32. The van der Waals surface area contributed by atoms with Gasteiger partial charge in [0.05, 0.1) is 18.2 Å². The Bertz CT molecular complexity index is 2490. The van der Waals surface area contributed by atoms with Gasteiger partial charge in [0.15, 0.2) is 0 Å². The van der Waals surface area contributed by atoms with Crippen molar-refractivity contribution in [1.82, 2.24) is 29.9 Å². The van der Waals surface area contributed by atoms with Crippen molar-refractivity contribution in [3.63, 3.8) is 0 Å². The van der Waals surface area contributed by atoms with Crippen molar-refractivity contribution in [2.24, 2.45) is 17.1 Å². The zero-order valence-electron chi connectivity index (χ0n) is 42.1. The summed E-state index contributed by atoms with van der Waals surface area (Å²) in [7, 11) is 0. The van der Waals surface area contributed by atoms with Gasteiger partial charge in [0.2, 0.25) is 29.5 Å². The molecule has 0 aliphatic carbocycles. The van der Waals surface area contributed by atoms with Gasteiger partial charge in [-0.15, -0.1) is 11.8 Å². The number of imide groups is 1. The van der Waals surface area contributed by atoms with Crippen molar-refractivity contribution in [2.45, 2.75) is 117 Å². The van der Waals surface area contributed by atoms with Gasteiger partial charge in [-0.1, -0.05) is 71.4 Å². The molecule has 6 N–H and O–H groups in total. The molecular weight excluding hydrogens is 969 g/mol. The number of rotatable bonds is 29. The summed E-state index contributed by atoms with van der Waals surface area (Å²) in [6.45, 7) is 10.8. The molecule has 1 aliphatic heterocycles. The van der Waals surface area contributed by atoms with E-state index in [0.29, 0.717) is 30.5 Å². The molecule has 0 saturated heterocycles. The number of nitrogens with two attached hydrogens (primary N) is 1. The summed E-state index contributed by atoms with van der Waals surface area (Å²) in [6.07, 6.45) is 4.57. The van der Waals surface area contributed by atoms with E-state index in [9.17, 15) is 52.6 Å². The third kappa shape index (κ3) is 17.4. The average Bonchev–Trinajstić information content (AvgIpc) is 3.87. The summed E-state index contributed by atoms with van der Waals surface area (Å²) >= 11 is 0.910. The molecule has 0 saturated carbocycles. The topological polar surface area (TPSA) is 259 Å². The van der Waals surface area contributed by atoms with Crippen LogP contribution in [0.4, 0.5) is 8.78 Å². The van der Waals surface area contributed by atoms with Crippen LogP contribution in [0.25, 0.3) is 11.1 Å². The Morgan fingerprint density at radius 2 is 1.44 bits per heavy atom. The fourth-order valence-electron chi connectivity index (χ4n) is 8.40. The number of benzene rings is 2. The van der Waals surface area contributed by atoms with Crippen LogP contribution in [0.15, 0.2) is 72.9 Å². The van der Waals surface area contributed by atoms with E-state index in [1.165, 1.54) is 24.0 Å². The number of carbonyl (C=O) groups is 9. The van der Waals surface area contributed by atoms with Crippen molar-refractivity contribution >= 4 is 65.1 Å². The van der Waals surface area contributed by atoms with Crippen LogP contribution in [-0.4, -0.2) is 132 Å². The fraction of sp³-hybridized carbons (Fsp3) is 0.481. The summed E-state index contributed by atoms with van der Waals surface area (Å²) < 4.78 is 32.0. The molecule has 4 atom stereocenters. The molecule has 0 unspecified atom stereocenters. The van der Waals surface area contributed by atoms with Crippen LogP contribution in [0.2, 0.25) is 0 Å². The number of nitrogens with zero attached hydrogens (tertiary/aromatic N) is 4. The first-order valence-electron chi connectivity index (χ1n) is 24.1. The second-order valence-electron chi connectivity index (χ2n) is 19.3. The highest BCUT2D eigenvalue weighted by atomic mass is 32.2. The number of primary amides is 1. The van der Waals surface area contributed by atoms with Crippen molar-refractivity contribution in [3.8, 4) is 11.1 Å². The van der Waals surface area contributed by atoms with Crippen LogP contribution in [0.5, 0.6) is 0 Å². The molecular formula is C52H67F2N7O11S. The predicted molar refractivity (Wildman–Crippen MR) is 269 cm³/mol. The summed E-state index contributed by atoms with van der Waals surface area (Å²) in [6, 6.07) is 9.53. The van der Waals surface area contributed by atoms with Crippen LogP contribution < -0.4 is 16.4 Å². The van der Waals surface area contributed by atoms with E-state index in [1.807, 2.05) is 55.7 Å². The number of aromatic nitrogens is 1. The second-order valence-corrected chi connectivity index (χ2v) is 20.4. The van der Waals surface area contributed by atoms with E-state index in [0.717, 1.165) is 40.4 Å². The van der Waals surface area contributed by atoms with Crippen LogP contribution >= 0.6 is 11.8 Å². The maximum Gasteiger partial charge on any atom is 0.327 e. The number of aliphatic carboxylic acids is 2. The number of hydrogen-bond donors (Lipinski definition) is 5. The minimum absolute atomic E-state index is 0.0219. The number of nitrogens with one attached hydrogen (secondary N) is 2. The van der Waals surface area contributed by atoms with Crippen molar-refractivity contribution in [2.75, 3.05) is 31.1 Å². The molecule has 396 valence electrons. The van der Waals surface area contributed by atoms with Crippen LogP contribution in [0.1, 0.15) is 104 Å². The quantitative estimate of drug-likeness (QED) is 0.0440. The van der Waals surface area contributed by atoms with Gasteiger partial charge < -0.3 is 40.9 Å². The van der Waals surface area contributed by atoms with E-state index in [1.54, 1.807) is 31.0 Å². The molecule has 2 aromatic carbocycles. The highest BCUT2D eigenvalue weighted by Gasteiger charge is 2.39. The number of carbonyl (C=O) groups excluding carboxylic acids is 7. The molecule has 1 aromatic heterocycles. The van der Waals surface area contributed by atoms with Crippen LogP contribution in [-0.2, 0) is 49.7 Å². The molecule has 7 amide bonds. The van der Waals surface area contributed by atoms with E-state index < -0.39 is 113 Å². The van der Waals surface area contributed by atoms with Gasteiger partial charge in [0.25, 0.3) is 11.8 Å². The molecule has 0 spiro atoms. The highest BCUT2D eigenvalue weighted by Crippen LogP contribution is 2.41. The monoisotopic (exact) mass is 1040 g/mol. The Labute approximate surface area is 428 Å². The molecule has 4 rings (SSSR count). The van der Waals surface area contributed by atoms with Crippen molar-refractivity contribution in [3.05, 3.63) is 95.8 Å². The zero-order chi connectivity index (χ0) is 54.2. The highest BCUT2D eigenvalue weighted by molar-refractivity contribution is 8.00. The number of halogens is 2. The van der Waals surface area contributed by atoms with Gasteiger partial charge in [-0.25, -0.2) is 13.6 Å². The van der Waals surface area contributed by atoms with E-state index in [4.69, 9.17) is 10.8 Å². The first-order chi connectivity index (χ1) is 34.4. The summed E-state index contributed by atoms with van der Waals surface area (Å²) in [5.41, 5.74) is 6.66. The smallest absolute Gasteiger partial charge is 0.327 e. The lowest BCUT2D eigenvalue weighted by atomic mass is 9.83. The summed E-state index contributed by atoms with van der Waals surface area (Å²) in [4.78, 5) is 119. The Morgan fingerprint density at radius 1 is 0.795 bits per heavy atom. The predicted octanol–water partition coefficient (Wildman–Crippen LogP) is 5.28. The summed E-state index contributed by atoms with van der Waals surface area (Å²) in [5, 5.41) is 24.0. The van der Waals surface area contributed by atoms with Gasteiger partial charge in [-0.05, 0) is 67.3 Å². The Kier molecular flexibility index (Phi) is 21.9. The second kappa shape index (κ2) is 27.2. The number of thioether (sulfide) groups is 1. The molecule has 21 heteroatoms. The van der Waals surface area contributed by atoms with Gasteiger partial charge in [0.1, 0.15) is 29.8 Å². The number of unbranched alkanes of at least 4 members (excludes halogenated alkanes) is 2. The zero-order valence-corrected chi connectivity index (χ0v) is 42.9. The lowest BCUT2D eigenvalue weighted by Crippen LogP contribution is -2.56. The summed E-state index contributed by atoms with van der Waals surface area (Å²) in [5.74, 6) is -9.00. The maximum absolute atomic E-state index is 15.5. The van der Waals surface area contributed by atoms with Crippen molar-refractivity contribution in [1.29, 1.82) is 0 Å². The van der Waals surface area contributed by atoms with Gasteiger partial charge in [0, 0.05) is 79.9 Å². The lowest BCUT2D eigenvalue weighted by molar-refractivity contribution is -0.143. The first-order valence-corrected chi connectivity index (χ1v) is 25.3. The molecule has 0 radical (unpaired) electrons.